The van der Waals surface area contributed by atoms with Crippen LogP contribution < -0.4 is 0 Å². The Labute approximate surface area is 388 Å². The molecule has 0 unspecified atom stereocenters. The van der Waals surface area contributed by atoms with Crippen molar-refractivity contribution in [2.24, 2.45) is 0 Å². The van der Waals surface area contributed by atoms with Crippen LogP contribution in [0.3, 0.4) is 0 Å². The van der Waals surface area contributed by atoms with Gasteiger partial charge in [-0.3, -0.25) is 4.57 Å². The van der Waals surface area contributed by atoms with Gasteiger partial charge in [0.2, 0.25) is 5.95 Å². The van der Waals surface area contributed by atoms with Crippen LogP contribution in [-0.2, 0) is 0 Å². The molecule has 15 aromatic rings. The van der Waals surface area contributed by atoms with Crippen molar-refractivity contribution in [2.45, 2.75) is 0 Å². The van der Waals surface area contributed by atoms with Gasteiger partial charge in [-0.05, 0) is 72.3 Å². The van der Waals surface area contributed by atoms with Crippen molar-refractivity contribution in [1.82, 2.24) is 28.2 Å². The molecule has 0 amide bonds. The SMILES string of the molecule is c1cc2c3c(ccc(-n4c5ccccc5c5ccc(-n6c7ccccc7c7ccccc76)cc54)c3c1)-c1cnc(-n3c4ccccc4c4ccc(-n5c6ccccc6c6ccccc65)cc43)nc1-2. The van der Waals surface area contributed by atoms with Gasteiger partial charge in [-0.25, -0.2) is 9.97 Å². The monoisotopic (exact) mass is 864 g/mol. The first kappa shape index (κ1) is 36.0. The molecule has 0 saturated heterocycles. The van der Waals surface area contributed by atoms with Crippen molar-refractivity contribution in [3.05, 3.63) is 219 Å². The molecule has 314 valence electrons. The third kappa shape index (κ3) is 4.65. The second kappa shape index (κ2) is 13.2. The third-order valence-electron chi connectivity index (χ3n) is 14.8. The molecule has 0 bridgehead atoms. The Bertz CT molecular complexity index is 4580. The normalized spacial score (nSPS) is 12.4. The number of hydrogen-bond donors (Lipinski definition) is 0. The van der Waals surface area contributed by atoms with E-state index >= 15 is 0 Å². The first-order chi connectivity index (χ1) is 33.8. The van der Waals surface area contributed by atoms with Gasteiger partial charge in [0.1, 0.15) is 0 Å². The number of fused-ring (bicyclic) bond motifs is 15. The molecule has 10 aromatic carbocycles. The van der Waals surface area contributed by atoms with Crippen LogP contribution in [0.15, 0.2) is 219 Å². The van der Waals surface area contributed by atoms with Crippen LogP contribution in [0.25, 0.3) is 143 Å². The molecule has 68 heavy (non-hydrogen) atoms. The molecule has 1 aliphatic carbocycles. The summed E-state index contributed by atoms with van der Waals surface area (Å²) in [5.41, 5.74) is 16.9. The maximum absolute atomic E-state index is 5.55. The number of hydrogen-bond acceptors (Lipinski definition) is 2. The van der Waals surface area contributed by atoms with Crippen LogP contribution in [0.5, 0.6) is 0 Å². The topological polar surface area (TPSA) is 45.5 Å². The minimum atomic E-state index is 0.652. The highest BCUT2D eigenvalue weighted by molar-refractivity contribution is 6.19. The van der Waals surface area contributed by atoms with Gasteiger partial charge in [-0.15, -0.1) is 0 Å². The summed E-state index contributed by atoms with van der Waals surface area (Å²) in [4.78, 5) is 10.8. The van der Waals surface area contributed by atoms with E-state index in [0.29, 0.717) is 5.95 Å². The predicted molar refractivity (Wildman–Crippen MR) is 281 cm³/mol. The quantitative estimate of drug-likeness (QED) is 0.177. The van der Waals surface area contributed by atoms with Gasteiger partial charge in [0.25, 0.3) is 0 Å². The summed E-state index contributed by atoms with van der Waals surface area (Å²) in [5, 5.41) is 12.2. The maximum Gasteiger partial charge on any atom is 0.235 e. The van der Waals surface area contributed by atoms with Crippen molar-refractivity contribution in [1.29, 1.82) is 0 Å². The zero-order chi connectivity index (χ0) is 44.2. The van der Waals surface area contributed by atoms with Crippen molar-refractivity contribution in [3.8, 4) is 45.4 Å². The predicted octanol–water partition coefficient (Wildman–Crippen LogP) is 15.7. The lowest BCUT2D eigenvalue weighted by atomic mass is 10.0. The molecule has 0 N–H and O–H groups in total. The van der Waals surface area contributed by atoms with Gasteiger partial charge in [-0.2, -0.15) is 0 Å². The smallest absolute Gasteiger partial charge is 0.235 e. The van der Waals surface area contributed by atoms with Crippen LogP contribution in [0, 0.1) is 0 Å². The Kier molecular flexibility index (Phi) is 6.98. The molecule has 5 heterocycles. The van der Waals surface area contributed by atoms with Crippen LogP contribution in [-0.4, -0.2) is 28.2 Å². The largest absolute Gasteiger partial charge is 0.309 e. The van der Waals surface area contributed by atoms with Gasteiger partial charge < -0.3 is 13.7 Å². The molecule has 16 rings (SSSR count). The highest BCUT2D eigenvalue weighted by Gasteiger charge is 2.28. The number of nitrogens with zero attached hydrogens (tertiary/aromatic N) is 6. The standard InChI is InChI=1S/C62H36N6/c1-7-22-51-39(14-1)40-15-2-8-23-52(40)65(51)37-28-30-45-43-18-5-11-26-55(43)67(58(45)34-37)57-33-32-47-50-36-63-62(64-61(50)49-21-13-20-48(57)60(47)49)68-56-27-12-6-19-44(56)46-31-29-38(35-59(46)68)66-53-24-9-3-16-41(53)42-17-4-10-25-54(42)66/h1-36H. The molecule has 0 spiro atoms. The molecule has 0 saturated carbocycles. The summed E-state index contributed by atoms with van der Waals surface area (Å²) in [6.07, 6.45) is 2.04. The maximum atomic E-state index is 5.55. The Hall–Kier alpha value is -9.26. The van der Waals surface area contributed by atoms with Gasteiger partial charge in [-0.1, -0.05) is 146 Å². The molecule has 5 aromatic heterocycles. The van der Waals surface area contributed by atoms with E-state index in [0.717, 1.165) is 61.4 Å². The lowest BCUT2D eigenvalue weighted by Crippen LogP contribution is -2.02. The Morgan fingerprint density at radius 1 is 0.279 bits per heavy atom. The molecule has 1 aliphatic rings. The highest BCUT2D eigenvalue weighted by atomic mass is 15.2. The summed E-state index contributed by atoms with van der Waals surface area (Å²) in [5.74, 6) is 0.652. The lowest BCUT2D eigenvalue weighted by molar-refractivity contribution is 0.995. The molecular weight excluding hydrogens is 829 g/mol. The van der Waals surface area contributed by atoms with Crippen LogP contribution in [0.2, 0.25) is 0 Å². The summed E-state index contributed by atoms with van der Waals surface area (Å²) >= 11 is 0. The van der Waals surface area contributed by atoms with E-state index in [1.807, 2.05) is 6.20 Å². The van der Waals surface area contributed by atoms with Crippen LogP contribution >= 0.6 is 0 Å². The van der Waals surface area contributed by atoms with E-state index < -0.39 is 0 Å². The van der Waals surface area contributed by atoms with Gasteiger partial charge in [0, 0.05) is 82.6 Å². The fraction of sp³-hybridized carbons (Fsp3) is 0. The number of para-hydroxylation sites is 6. The molecule has 6 heteroatoms. The highest BCUT2D eigenvalue weighted by Crippen LogP contribution is 2.49. The minimum absolute atomic E-state index is 0.652. The Balaban J connectivity index is 0.893. The fourth-order valence-corrected chi connectivity index (χ4v) is 12.0. The average molecular weight is 865 g/mol. The zero-order valence-electron chi connectivity index (χ0n) is 36.5. The first-order valence-electron chi connectivity index (χ1n) is 23.2. The second-order valence-electron chi connectivity index (χ2n) is 18.1. The van der Waals surface area contributed by atoms with E-state index in [9.17, 15) is 0 Å². The molecule has 0 aliphatic heterocycles. The Morgan fingerprint density at radius 3 is 1.19 bits per heavy atom. The summed E-state index contributed by atoms with van der Waals surface area (Å²) < 4.78 is 9.52. The summed E-state index contributed by atoms with van der Waals surface area (Å²) in [6, 6.07) is 77.3. The first-order valence-corrected chi connectivity index (χ1v) is 23.2. The van der Waals surface area contributed by atoms with Gasteiger partial charge in [0.05, 0.1) is 55.5 Å². The Morgan fingerprint density at radius 2 is 0.691 bits per heavy atom. The fourth-order valence-electron chi connectivity index (χ4n) is 12.0. The molecule has 0 radical (unpaired) electrons. The molecular formula is C62H36N6. The van der Waals surface area contributed by atoms with Crippen molar-refractivity contribution in [2.75, 3.05) is 0 Å². The van der Waals surface area contributed by atoms with Crippen LogP contribution in [0.1, 0.15) is 0 Å². The van der Waals surface area contributed by atoms with Crippen molar-refractivity contribution >= 4 is 98.0 Å². The van der Waals surface area contributed by atoms with E-state index in [1.54, 1.807) is 0 Å². The van der Waals surface area contributed by atoms with E-state index in [4.69, 9.17) is 9.97 Å². The van der Waals surface area contributed by atoms with Crippen molar-refractivity contribution in [3.63, 3.8) is 0 Å². The van der Waals surface area contributed by atoms with E-state index in [2.05, 4.69) is 231 Å². The zero-order valence-corrected chi connectivity index (χ0v) is 36.5. The molecule has 6 nitrogen and oxygen atoms in total. The average Bonchev–Trinajstić information content (AvgIpc) is 4.19. The number of benzene rings is 10. The summed E-state index contributed by atoms with van der Waals surface area (Å²) in [7, 11) is 0. The number of aromatic nitrogens is 6. The summed E-state index contributed by atoms with van der Waals surface area (Å²) in [6.45, 7) is 0. The second-order valence-corrected chi connectivity index (χ2v) is 18.1. The van der Waals surface area contributed by atoms with Gasteiger partial charge in [0.15, 0.2) is 0 Å². The third-order valence-corrected chi connectivity index (χ3v) is 14.8. The van der Waals surface area contributed by atoms with E-state index in [-0.39, 0.29) is 0 Å². The van der Waals surface area contributed by atoms with Gasteiger partial charge >= 0.3 is 0 Å². The molecule has 0 fully saturated rings. The van der Waals surface area contributed by atoms with Crippen LogP contribution in [0.4, 0.5) is 0 Å². The number of rotatable bonds is 4. The van der Waals surface area contributed by atoms with Crippen molar-refractivity contribution < 1.29 is 0 Å². The minimum Gasteiger partial charge on any atom is -0.309 e. The van der Waals surface area contributed by atoms with E-state index in [1.165, 1.54) is 76.1 Å². The molecule has 0 atom stereocenters. The lowest BCUT2D eigenvalue weighted by Gasteiger charge is -2.14.